The summed E-state index contributed by atoms with van der Waals surface area (Å²) in [6.07, 6.45) is 2.00. The summed E-state index contributed by atoms with van der Waals surface area (Å²) >= 11 is 0. The molecule has 0 N–H and O–H groups in total. The highest BCUT2D eigenvalue weighted by Gasteiger charge is 2.56. The highest BCUT2D eigenvalue weighted by Crippen LogP contribution is 2.41. The number of carbonyl (C=O) groups excluding carboxylic acids is 1. The Balaban J connectivity index is 2.19. The number of carbonyl (C=O) groups is 1. The van der Waals surface area contributed by atoms with E-state index in [9.17, 15) is 4.79 Å². The summed E-state index contributed by atoms with van der Waals surface area (Å²) in [7, 11) is 5.52. The van der Waals surface area contributed by atoms with Crippen LogP contribution in [0.1, 0.15) is 12.8 Å². The molecule has 2 fully saturated rings. The molecule has 5 heteroatoms. The summed E-state index contributed by atoms with van der Waals surface area (Å²) in [5.74, 6) is 0.329. The normalized spacial score (nSPS) is 25.6. The lowest BCUT2D eigenvalue weighted by Crippen LogP contribution is -2.64. The van der Waals surface area contributed by atoms with Gasteiger partial charge in [0.1, 0.15) is 5.41 Å². The molecule has 0 radical (unpaired) electrons. The fraction of sp³-hybridized carbons (Fsp3) is 0.923. The van der Waals surface area contributed by atoms with Gasteiger partial charge in [-0.25, -0.2) is 0 Å². The third-order valence-corrected chi connectivity index (χ3v) is 4.15. The molecule has 0 amide bonds. The minimum atomic E-state index is -0.486. The van der Waals surface area contributed by atoms with Crippen LogP contribution >= 0.6 is 0 Å². The van der Waals surface area contributed by atoms with E-state index >= 15 is 0 Å². The van der Waals surface area contributed by atoms with Gasteiger partial charge in [-0.1, -0.05) is 0 Å². The van der Waals surface area contributed by atoms with Crippen molar-refractivity contribution in [3.05, 3.63) is 0 Å². The Hall–Kier alpha value is -0.650. The second-order valence-corrected chi connectivity index (χ2v) is 5.50. The molecule has 2 aliphatic heterocycles. The summed E-state index contributed by atoms with van der Waals surface area (Å²) < 4.78 is 15.7. The predicted octanol–water partition coefficient (Wildman–Crippen LogP) is 0.533. The zero-order valence-corrected chi connectivity index (χ0v) is 11.5. The van der Waals surface area contributed by atoms with E-state index in [4.69, 9.17) is 14.2 Å². The van der Waals surface area contributed by atoms with Gasteiger partial charge in [-0.15, -0.1) is 0 Å². The van der Waals surface area contributed by atoms with Crippen LogP contribution in [0.25, 0.3) is 0 Å². The number of ether oxygens (including phenoxy) is 3. The Morgan fingerprint density at radius 1 is 1.28 bits per heavy atom. The van der Waals surface area contributed by atoms with Crippen LogP contribution in [0.15, 0.2) is 0 Å². The van der Waals surface area contributed by atoms with E-state index in [1.807, 2.05) is 14.1 Å². The molecule has 0 aliphatic carbocycles. The summed E-state index contributed by atoms with van der Waals surface area (Å²) in [5, 5.41) is 0. The minimum Gasteiger partial charge on any atom is -0.468 e. The maximum absolute atomic E-state index is 12.1. The monoisotopic (exact) mass is 257 g/mol. The van der Waals surface area contributed by atoms with Crippen molar-refractivity contribution in [1.29, 1.82) is 0 Å². The zero-order chi connectivity index (χ0) is 13.2. The van der Waals surface area contributed by atoms with Crippen molar-refractivity contribution in [2.75, 3.05) is 47.6 Å². The Bertz CT molecular complexity index is 295. The Morgan fingerprint density at radius 3 is 2.28 bits per heavy atom. The number of esters is 1. The first-order valence-electron chi connectivity index (χ1n) is 6.52. The highest BCUT2D eigenvalue weighted by atomic mass is 16.5. The van der Waals surface area contributed by atoms with Crippen molar-refractivity contribution < 1.29 is 19.0 Å². The van der Waals surface area contributed by atoms with E-state index in [1.54, 1.807) is 0 Å². The first-order chi connectivity index (χ1) is 8.62. The van der Waals surface area contributed by atoms with Crippen LogP contribution in [0.4, 0.5) is 0 Å². The number of rotatable bonds is 4. The van der Waals surface area contributed by atoms with E-state index < -0.39 is 5.41 Å². The number of methoxy groups -OCH3 is 1. The molecule has 2 rings (SSSR count). The average molecular weight is 257 g/mol. The average Bonchev–Trinajstić information content (AvgIpc) is 2.33. The van der Waals surface area contributed by atoms with Gasteiger partial charge in [0.25, 0.3) is 0 Å². The van der Waals surface area contributed by atoms with Crippen LogP contribution in [-0.2, 0) is 19.0 Å². The van der Waals surface area contributed by atoms with Gasteiger partial charge >= 0.3 is 5.97 Å². The van der Waals surface area contributed by atoms with Crippen LogP contribution in [0.2, 0.25) is 0 Å². The Kier molecular flexibility index (Phi) is 4.25. The van der Waals surface area contributed by atoms with Crippen molar-refractivity contribution in [3.63, 3.8) is 0 Å². The Morgan fingerprint density at radius 2 is 1.89 bits per heavy atom. The van der Waals surface area contributed by atoms with Crippen LogP contribution in [0, 0.1) is 11.3 Å². The predicted molar refractivity (Wildman–Crippen MR) is 66.3 cm³/mol. The molecule has 18 heavy (non-hydrogen) atoms. The van der Waals surface area contributed by atoms with Crippen LogP contribution in [-0.4, -0.2) is 64.5 Å². The standard InChI is InChI=1S/C13H23NO4/c1-14(2)11(10-4-6-17-7-5-10)13(8-18-9-13)12(15)16-3/h10-11H,4-9H2,1-3H3. The molecule has 2 heterocycles. The molecule has 104 valence electrons. The molecular formula is C13H23NO4. The van der Waals surface area contributed by atoms with Gasteiger partial charge in [-0.2, -0.15) is 0 Å². The third-order valence-electron chi connectivity index (χ3n) is 4.15. The lowest BCUT2D eigenvalue weighted by molar-refractivity contribution is -0.203. The molecule has 0 aromatic heterocycles. The molecule has 2 aliphatic rings. The SMILES string of the molecule is COC(=O)C1(C(C2CCOCC2)N(C)C)COC1. The number of hydrogen-bond acceptors (Lipinski definition) is 5. The van der Waals surface area contributed by atoms with Crippen LogP contribution < -0.4 is 0 Å². The molecule has 0 spiro atoms. The van der Waals surface area contributed by atoms with Gasteiger partial charge in [0.05, 0.1) is 20.3 Å². The van der Waals surface area contributed by atoms with Crippen molar-refractivity contribution >= 4 is 5.97 Å². The summed E-state index contributed by atoms with van der Waals surface area (Å²) in [6.45, 7) is 2.51. The first-order valence-corrected chi connectivity index (χ1v) is 6.52. The fourth-order valence-corrected chi connectivity index (χ4v) is 3.33. The van der Waals surface area contributed by atoms with Gasteiger partial charge in [0, 0.05) is 19.3 Å². The van der Waals surface area contributed by atoms with Gasteiger partial charge in [-0.05, 0) is 32.9 Å². The lowest BCUT2D eigenvalue weighted by atomic mass is 9.70. The molecular weight excluding hydrogens is 234 g/mol. The van der Waals surface area contributed by atoms with E-state index in [1.165, 1.54) is 7.11 Å². The van der Waals surface area contributed by atoms with Crippen molar-refractivity contribution in [2.24, 2.45) is 11.3 Å². The summed E-state index contributed by atoms with van der Waals surface area (Å²) in [6, 6.07) is 0.169. The zero-order valence-electron chi connectivity index (χ0n) is 11.5. The maximum atomic E-state index is 12.1. The van der Waals surface area contributed by atoms with Crippen LogP contribution in [0.3, 0.4) is 0 Å². The summed E-state index contributed by atoms with van der Waals surface area (Å²) in [4.78, 5) is 14.3. The summed E-state index contributed by atoms with van der Waals surface area (Å²) in [5.41, 5.74) is -0.486. The van der Waals surface area contributed by atoms with E-state index in [0.29, 0.717) is 19.1 Å². The second-order valence-electron chi connectivity index (χ2n) is 5.50. The van der Waals surface area contributed by atoms with Gasteiger partial charge in [0.15, 0.2) is 0 Å². The maximum Gasteiger partial charge on any atom is 0.318 e. The number of nitrogens with zero attached hydrogens (tertiary/aromatic N) is 1. The molecule has 1 atom stereocenters. The molecule has 0 bridgehead atoms. The van der Waals surface area contributed by atoms with Crippen molar-refractivity contribution in [1.82, 2.24) is 4.90 Å². The van der Waals surface area contributed by atoms with Gasteiger partial charge in [0.2, 0.25) is 0 Å². The van der Waals surface area contributed by atoms with E-state index in [0.717, 1.165) is 26.1 Å². The Labute approximate surface area is 108 Å². The topological polar surface area (TPSA) is 48.0 Å². The molecule has 1 unspecified atom stereocenters. The number of hydrogen-bond donors (Lipinski definition) is 0. The van der Waals surface area contributed by atoms with E-state index in [2.05, 4.69) is 4.90 Å². The van der Waals surface area contributed by atoms with Crippen LogP contribution in [0.5, 0.6) is 0 Å². The lowest BCUT2D eigenvalue weighted by Gasteiger charge is -2.50. The van der Waals surface area contributed by atoms with Crippen molar-refractivity contribution in [3.8, 4) is 0 Å². The smallest absolute Gasteiger partial charge is 0.318 e. The van der Waals surface area contributed by atoms with E-state index in [-0.39, 0.29) is 12.0 Å². The van der Waals surface area contributed by atoms with Crippen molar-refractivity contribution in [2.45, 2.75) is 18.9 Å². The fourth-order valence-electron chi connectivity index (χ4n) is 3.33. The third kappa shape index (κ3) is 2.27. The quantitative estimate of drug-likeness (QED) is 0.688. The molecule has 0 aromatic rings. The minimum absolute atomic E-state index is 0.140. The molecule has 0 aromatic carbocycles. The van der Waals surface area contributed by atoms with Gasteiger partial charge in [-0.3, -0.25) is 4.79 Å². The molecule has 5 nitrogen and oxygen atoms in total. The second kappa shape index (κ2) is 5.55. The van der Waals surface area contributed by atoms with Gasteiger partial charge < -0.3 is 19.1 Å². The molecule has 2 saturated heterocycles. The highest BCUT2D eigenvalue weighted by molar-refractivity contribution is 5.79. The molecule has 0 saturated carbocycles. The first kappa shape index (κ1) is 13.8. The largest absolute Gasteiger partial charge is 0.468 e.